The van der Waals surface area contributed by atoms with Crippen LogP contribution in [-0.2, 0) is 4.79 Å². The molecule has 2 rings (SSSR count). The zero-order valence-electron chi connectivity index (χ0n) is 8.45. The fourth-order valence-corrected chi connectivity index (χ4v) is 1.10. The molecule has 0 aromatic carbocycles. The lowest BCUT2D eigenvalue weighted by Gasteiger charge is -1.90. The topological polar surface area (TPSA) is 109 Å². The second-order valence-corrected chi connectivity index (χ2v) is 3.06. The average Bonchev–Trinajstić information content (AvgIpc) is 2.76. The highest BCUT2D eigenvalue weighted by Crippen LogP contribution is 2.15. The number of nitrogens with one attached hydrogen (secondary N) is 1. The van der Waals surface area contributed by atoms with Crippen LogP contribution in [0.25, 0.3) is 17.5 Å². The SMILES string of the molecule is O=C(O)/C=C/c1nnc(-c2ccc(=O)[nH]c2)o1. The molecule has 0 radical (unpaired) electrons. The van der Waals surface area contributed by atoms with E-state index in [1.165, 1.54) is 24.4 Å². The lowest BCUT2D eigenvalue weighted by Crippen LogP contribution is -2.01. The Morgan fingerprint density at radius 1 is 1.41 bits per heavy atom. The van der Waals surface area contributed by atoms with Crippen LogP contribution in [0.4, 0.5) is 0 Å². The van der Waals surface area contributed by atoms with Crippen LogP contribution in [0.15, 0.2) is 33.6 Å². The van der Waals surface area contributed by atoms with Gasteiger partial charge in [0.15, 0.2) is 0 Å². The van der Waals surface area contributed by atoms with Gasteiger partial charge in [0.1, 0.15) is 0 Å². The Bertz CT molecular complexity index is 606. The summed E-state index contributed by atoms with van der Waals surface area (Å²) in [5.41, 5.74) is 0.311. The number of carboxylic acids is 1. The fraction of sp³-hybridized carbons (Fsp3) is 0. The maximum atomic E-state index is 10.8. The zero-order valence-corrected chi connectivity index (χ0v) is 8.45. The summed E-state index contributed by atoms with van der Waals surface area (Å²) in [6.07, 6.45) is 3.51. The van der Waals surface area contributed by atoms with Crippen LogP contribution in [-0.4, -0.2) is 26.3 Å². The van der Waals surface area contributed by atoms with Crippen molar-refractivity contribution in [2.45, 2.75) is 0 Å². The summed E-state index contributed by atoms with van der Waals surface area (Å²) in [5.74, 6) is -0.825. The summed E-state index contributed by atoms with van der Waals surface area (Å²) in [7, 11) is 0. The average molecular weight is 233 g/mol. The van der Waals surface area contributed by atoms with E-state index in [1.807, 2.05) is 0 Å². The summed E-state index contributed by atoms with van der Waals surface area (Å²) < 4.78 is 5.17. The number of pyridine rings is 1. The number of carboxylic acid groups (broad SMARTS) is 1. The van der Waals surface area contributed by atoms with Gasteiger partial charge in [0.2, 0.25) is 17.3 Å². The number of hydrogen-bond donors (Lipinski definition) is 2. The van der Waals surface area contributed by atoms with Gasteiger partial charge in [-0.2, -0.15) is 0 Å². The quantitative estimate of drug-likeness (QED) is 0.748. The Morgan fingerprint density at radius 3 is 2.88 bits per heavy atom. The molecule has 0 unspecified atom stereocenters. The summed E-state index contributed by atoms with van der Waals surface area (Å²) in [5, 5.41) is 15.8. The number of nitrogens with zero attached hydrogens (tertiary/aromatic N) is 2. The minimum atomic E-state index is -1.10. The highest BCUT2D eigenvalue weighted by molar-refractivity contribution is 5.84. The molecule has 7 nitrogen and oxygen atoms in total. The second kappa shape index (κ2) is 4.44. The molecular weight excluding hydrogens is 226 g/mol. The van der Waals surface area contributed by atoms with Crippen molar-refractivity contribution in [1.82, 2.24) is 15.2 Å². The molecule has 0 saturated carbocycles. The molecule has 0 aliphatic carbocycles. The molecule has 0 aliphatic rings. The standard InChI is InChI=1S/C10H7N3O4/c14-7-2-1-6(5-11-7)10-13-12-8(17-10)3-4-9(15)16/h1-5H,(H,11,14)(H,15,16)/b4-3+. The third-order valence-corrected chi connectivity index (χ3v) is 1.84. The van der Waals surface area contributed by atoms with Crippen molar-refractivity contribution in [2.75, 3.05) is 0 Å². The van der Waals surface area contributed by atoms with Crippen LogP contribution >= 0.6 is 0 Å². The molecular formula is C10H7N3O4. The number of aliphatic carboxylic acids is 1. The van der Waals surface area contributed by atoms with E-state index < -0.39 is 5.97 Å². The second-order valence-electron chi connectivity index (χ2n) is 3.06. The van der Waals surface area contributed by atoms with Gasteiger partial charge >= 0.3 is 5.97 Å². The van der Waals surface area contributed by atoms with Crippen LogP contribution in [0.1, 0.15) is 5.89 Å². The molecule has 2 N–H and O–H groups in total. The van der Waals surface area contributed by atoms with Gasteiger partial charge < -0.3 is 14.5 Å². The lowest BCUT2D eigenvalue weighted by molar-refractivity contribution is -0.131. The summed E-state index contributed by atoms with van der Waals surface area (Å²) in [4.78, 5) is 23.6. The maximum Gasteiger partial charge on any atom is 0.328 e. The van der Waals surface area contributed by atoms with Crippen LogP contribution in [0.5, 0.6) is 0 Å². The van der Waals surface area contributed by atoms with Crippen molar-refractivity contribution < 1.29 is 14.3 Å². The van der Waals surface area contributed by atoms with Crippen molar-refractivity contribution in [3.05, 3.63) is 40.7 Å². The molecule has 0 bridgehead atoms. The predicted molar refractivity (Wildman–Crippen MR) is 57.0 cm³/mol. The Balaban J connectivity index is 2.26. The molecule has 0 fully saturated rings. The number of hydrogen-bond acceptors (Lipinski definition) is 5. The Kier molecular flexibility index (Phi) is 2.82. The van der Waals surface area contributed by atoms with E-state index in [4.69, 9.17) is 9.52 Å². The third kappa shape index (κ3) is 2.65. The summed E-state index contributed by atoms with van der Waals surface area (Å²) >= 11 is 0. The van der Waals surface area contributed by atoms with Crippen molar-refractivity contribution in [3.8, 4) is 11.5 Å². The largest absolute Gasteiger partial charge is 0.478 e. The van der Waals surface area contributed by atoms with Gasteiger partial charge in [-0.1, -0.05) is 0 Å². The van der Waals surface area contributed by atoms with E-state index in [1.54, 1.807) is 0 Å². The molecule has 0 spiro atoms. The Hall–Kier alpha value is -2.70. The normalized spacial score (nSPS) is 10.8. The molecule has 0 saturated heterocycles. The maximum absolute atomic E-state index is 10.8. The number of carbonyl (C=O) groups is 1. The Morgan fingerprint density at radius 2 is 2.24 bits per heavy atom. The smallest absolute Gasteiger partial charge is 0.328 e. The molecule has 0 aliphatic heterocycles. The van der Waals surface area contributed by atoms with E-state index in [9.17, 15) is 9.59 Å². The van der Waals surface area contributed by atoms with Crippen LogP contribution in [0.2, 0.25) is 0 Å². The third-order valence-electron chi connectivity index (χ3n) is 1.84. The summed E-state index contributed by atoms with van der Waals surface area (Å²) in [6, 6.07) is 2.85. The van der Waals surface area contributed by atoms with Gasteiger partial charge in [0, 0.05) is 24.4 Å². The van der Waals surface area contributed by atoms with Crippen molar-refractivity contribution >= 4 is 12.0 Å². The first kappa shape index (κ1) is 10.8. The molecule has 2 aromatic rings. The van der Waals surface area contributed by atoms with E-state index >= 15 is 0 Å². The van der Waals surface area contributed by atoms with Crippen LogP contribution < -0.4 is 5.56 Å². The predicted octanol–water partition coefficient (Wildman–Crippen LogP) is 0.523. The van der Waals surface area contributed by atoms with Gasteiger partial charge in [-0.25, -0.2) is 4.79 Å². The molecule has 0 amide bonds. The number of H-pyrrole nitrogens is 1. The molecule has 17 heavy (non-hydrogen) atoms. The number of aromatic nitrogens is 3. The van der Waals surface area contributed by atoms with Crippen molar-refractivity contribution in [3.63, 3.8) is 0 Å². The number of rotatable bonds is 3. The first-order valence-electron chi connectivity index (χ1n) is 4.59. The number of aromatic amines is 1. The molecule has 0 atom stereocenters. The van der Waals surface area contributed by atoms with Crippen molar-refractivity contribution in [2.24, 2.45) is 0 Å². The fourth-order valence-electron chi connectivity index (χ4n) is 1.10. The molecule has 2 heterocycles. The van der Waals surface area contributed by atoms with Gasteiger partial charge in [-0.15, -0.1) is 10.2 Å². The molecule has 86 valence electrons. The minimum Gasteiger partial charge on any atom is -0.478 e. The molecule has 7 heteroatoms. The molecule has 2 aromatic heterocycles. The van der Waals surface area contributed by atoms with Crippen molar-refractivity contribution in [1.29, 1.82) is 0 Å². The van der Waals surface area contributed by atoms with Gasteiger partial charge in [-0.05, 0) is 6.07 Å². The van der Waals surface area contributed by atoms with E-state index in [-0.39, 0.29) is 17.3 Å². The minimum absolute atomic E-state index is 0.0774. The first-order valence-corrected chi connectivity index (χ1v) is 4.59. The Labute approximate surface area is 94.4 Å². The first-order chi connectivity index (χ1) is 8.15. The van der Waals surface area contributed by atoms with E-state index in [2.05, 4.69) is 15.2 Å². The van der Waals surface area contributed by atoms with Gasteiger partial charge in [0.25, 0.3) is 0 Å². The van der Waals surface area contributed by atoms with E-state index in [0.717, 1.165) is 6.08 Å². The van der Waals surface area contributed by atoms with Crippen LogP contribution in [0.3, 0.4) is 0 Å². The highest BCUT2D eigenvalue weighted by Gasteiger charge is 2.06. The van der Waals surface area contributed by atoms with Gasteiger partial charge in [0.05, 0.1) is 5.56 Å². The highest BCUT2D eigenvalue weighted by atomic mass is 16.4. The monoisotopic (exact) mass is 233 g/mol. The lowest BCUT2D eigenvalue weighted by atomic mass is 10.3. The van der Waals surface area contributed by atoms with Gasteiger partial charge in [-0.3, -0.25) is 4.79 Å². The summed E-state index contributed by atoms with van der Waals surface area (Å²) in [6.45, 7) is 0. The zero-order chi connectivity index (χ0) is 12.3. The van der Waals surface area contributed by atoms with Crippen LogP contribution in [0, 0.1) is 0 Å². The van der Waals surface area contributed by atoms with E-state index in [0.29, 0.717) is 5.56 Å².